The number of hydrogen-bond donors (Lipinski definition) is 0. The third-order valence-electron chi connectivity index (χ3n) is 3.63. The number of carbonyl (C=O) groups excluding carboxylic acids is 1. The number of ketones is 1. The first-order chi connectivity index (χ1) is 10.0. The summed E-state index contributed by atoms with van der Waals surface area (Å²) in [5.41, 5.74) is 1.89. The molecule has 0 aliphatic carbocycles. The van der Waals surface area contributed by atoms with E-state index in [9.17, 15) is 13.2 Å². The van der Waals surface area contributed by atoms with E-state index in [0.29, 0.717) is 6.42 Å². The Kier molecular flexibility index (Phi) is 3.91. The van der Waals surface area contributed by atoms with Crippen LogP contribution < -0.4 is 0 Å². The van der Waals surface area contributed by atoms with Crippen molar-refractivity contribution in [2.24, 2.45) is 5.92 Å². The molecule has 6 heteroatoms. The lowest BCUT2D eigenvalue weighted by molar-refractivity contribution is -0.121. The van der Waals surface area contributed by atoms with Crippen LogP contribution in [0, 0.1) is 5.92 Å². The maximum Gasteiger partial charge on any atom is 0.151 e. The zero-order valence-corrected chi connectivity index (χ0v) is 13.0. The molecule has 0 spiro atoms. The van der Waals surface area contributed by atoms with Crippen LogP contribution in [-0.2, 0) is 21.1 Å². The average molecular weight is 321 g/mol. The van der Waals surface area contributed by atoms with Gasteiger partial charge in [0, 0.05) is 16.9 Å². The van der Waals surface area contributed by atoms with Gasteiger partial charge >= 0.3 is 0 Å². The second-order valence-corrected chi connectivity index (χ2v) is 8.41. The van der Waals surface area contributed by atoms with Crippen molar-refractivity contribution in [2.75, 3.05) is 11.5 Å². The van der Waals surface area contributed by atoms with Gasteiger partial charge in [-0.2, -0.15) is 0 Å². The fourth-order valence-corrected chi connectivity index (χ4v) is 5.06. The topological polar surface area (TPSA) is 64.1 Å². The molecule has 1 aromatic heterocycles. The highest BCUT2D eigenvalue weighted by Gasteiger charge is 2.32. The highest BCUT2D eigenvalue weighted by atomic mass is 32.2. The van der Waals surface area contributed by atoms with E-state index in [-0.39, 0.29) is 29.6 Å². The second kappa shape index (κ2) is 5.69. The molecule has 1 unspecified atom stereocenters. The Balaban J connectivity index is 1.69. The molecule has 1 saturated heterocycles. The molecule has 1 fully saturated rings. The number of thiazole rings is 1. The van der Waals surface area contributed by atoms with Gasteiger partial charge in [0.05, 0.1) is 23.6 Å². The van der Waals surface area contributed by atoms with Crippen LogP contribution in [0.5, 0.6) is 0 Å². The standard InChI is InChI=1S/C15H15NO3S2/c17-14(12-6-7-21(18,19)10-12)8-15-16-13(9-20-15)11-4-2-1-3-5-11/h1-5,9,12H,6-8,10H2. The molecule has 4 nitrogen and oxygen atoms in total. The van der Waals surface area contributed by atoms with Crippen molar-refractivity contribution in [3.63, 3.8) is 0 Å². The lowest BCUT2D eigenvalue weighted by Crippen LogP contribution is -2.18. The second-order valence-electron chi connectivity index (χ2n) is 5.24. The van der Waals surface area contributed by atoms with Crippen molar-refractivity contribution in [1.82, 2.24) is 4.98 Å². The molecule has 0 bridgehead atoms. The predicted molar refractivity (Wildman–Crippen MR) is 83.0 cm³/mol. The fourth-order valence-electron chi connectivity index (χ4n) is 2.48. The van der Waals surface area contributed by atoms with E-state index in [4.69, 9.17) is 0 Å². The van der Waals surface area contributed by atoms with Crippen LogP contribution in [0.25, 0.3) is 11.3 Å². The Morgan fingerprint density at radius 1 is 1.29 bits per heavy atom. The highest BCUT2D eigenvalue weighted by molar-refractivity contribution is 7.91. The van der Waals surface area contributed by atoms with E-state index in [1.54, 1.807) is 0 Å². The molecule has 0 saturated carbocycles. The molecule has 1 atom stereocenters. The number of sulfone groups is 1. The molecule has 0 radical (unpaired) electrons. The third kappa shape index (κ3) is 3.39. The minimum Gasteiger partial charge on any atom is -0.299 e. The minimum atomic E-state index is -3.01. The number of benzene rings is 1. The largest absolute Gasteiger partial charge is 0.299 e. The summed E-state index contributed by atoms with van der Waals surface area (Å²) in [6, 6.07) is 9.79. The van der Waals surface area contributed by atoms with Gasteiger partial charge < -0.3 is 0 Å². The fraction of sp³-hybridized carbons (Fsp3) is 0.333. The van der Waals surface area contributed by atoms with Crippen LogP contribution in [0.2, 0.25) is 0 Å². The summed E-state index contributed by atoms with van der Waals surface area (Å²) in [5, 5.41) is 2.69. The van der Waals surface area contributed by atoms with Crippen molar-refractivity contribution in [3.8, 4) is 11.3 Å². The van der Waals surface area contributed by atoms with Gasteiger partial charge in [-0.25, -0.2) is 13.4 Å². The molecule has 110 valence electrons. The van der Waals surface area contributed by atoms with E-state index in [2.05, 4.69) is 4.98 Å². The van der Waals surface area contributed by atoms with Crippen molar-refractivity contribution in [3.05, 3.63) is 40.7 Å². The van der Waals surface area contributed by atoms with Gasteiger partial charge in [0.25, 0.3) is 0 Å². The van der Waals surface area contributed by atoms with Gasteiger partial charge in [-0.3, -0.25) is 4.79 Å². The monoisotopic (exact) mass is 321 g/mol. The van der Waals surface area contributed by atoms with Crippen LogP contribution in [0.3, 0.4) is 0 Å². The smallest absolute Gasteiger partial charge is 0.151 e. The summed E-state index contributed by atoms with van der Waals surface area (Å²) < 4.78 is 22.8. The van der Waals surface area contributed by atoms with Gasteiger partial charge in [-0.05, 0) is 6.42 Å². The summed E-state index contributed by atoms with van der Waals surface area (Å²) in [7, 11) is -3.01. The third-order valence-corrected chi connectivity index (χ3v) is 6.25. The number of carbonyl (C=O) groups is 1. The number of hydrogen-bond acceptors (Lipinski definition) is 5. The van der Waals surface area contributed by atoms with E-state index in [0.717, 1.165) is 16.3 Å². The molecule has 21 heavy (non-hydrogen) atoms. The molecule has 2 heterocycles. The number of rotatable bonds is 4. The Morgan fingerprint density at radius 2 is 2.05 bits per heavy atom. The zero-order valence-electron chi connectivity index (χ0n) is 11.4. The lowest BCUT2D eigenvalue weighted by Gasteiger charge is -2.04. The number of Topliss-reactive ketones (excluding diaryl/α,β-unsaturated/α-hetero) is 1. The van der Waals surface area contributed by atoms with Gasteiger partial charge in [0.15, 0.2) is 9.84 Å². The maximum absolute atomic E-state index is 12.2. The predicted octanol–water partition coefficient (Wildman–Crippen LogP) is 2.36. The molecular formula is C15H15NO3S2. The first kappa shape index (κ1) is 14.4. The van der Waals surface area contributed by atoms with Crippen LogP contribution >= 0.6 is 11.3 Å². The van der Waals surface area contributed by atoms with Crippen molar-refractivity contribution >= 4 is 27.0 Å². The molecule has 1 aliphatic heterocycles. The molecule has 3 rings (SSSR count). The Labute approximate surface area is 127 Å². The van der Waals surface area contributed by atoms with Gasteiger partial charge in [0.1, 0.15) is 10.8 Å². The summed E-state index contributed by atoms with van der Waals surface area (Å²) in [4.78, 5) is 16.6. The summed E-state index contributed by atoms with van der Waals surface area (Å²) >= 11 is 1.45. The van der Waals surface area contributed by atoms with E-state index in [1.807, 2.05) is 35.7 Å². The van der Waals surface area contributed by atoms with Gasteiger partial charge in [-0.15, -0.1) is 11.3 Å². The van der Waals surface area contributed by atoms with Crippen LogP contribution in [0.4, 0.5) is 0 Å². The van der Waals surface area contributed by atoms with Crippen molar-refractivity contribution < 1.29 is 13.2 Å². The van der Waals surface area contributed by atoms with E-state index >= 15 is 0 Å². The molecule has 1 aliphatic rings. The molecular weight excluding hydrogens is 306 g/mol. The van der Waals surface area contributed by atoms with E-state index < -0.39 is 9.84 Å². The van der Waals surface area contributed by atoms with Crippen LogP contribution in [0.1, 0.15) is 11.4 Å². The first-order valence-electron chi connectivity index (χ1n) is 6.76. The van der Waals surface area contributed by atoms with Crippen LogP contribution in [-0.4, -0.2) is 30.7 Å². The van der Waals surface area contributed by atoms with Gasteiger partial charge in [-0.1, -0.05) is 30.3 Å². The molecule has 0 N–H and O–H groups in total. The number of aromatic nitrogens is 1. The van der Waals surface area contributed by atoms with Crippen molar-refractivity contribution in [1.29, 1.82) is 0 Å². The first-order valence-corrected chi connectivity index (χ1v) is 9.46. The minimum absolute atomic E-state index is 0.00273. The maximum atomic E-state index is 12.2. The molecule has 0 amide bonds. The Bertz CT molecular complexity index is 750. The SMILES string of the molecule is O=C(Cc1nc(-c2ccccc2)cs1)C1CCS(=O)(=O)C1. The summed E-state index contributed by atoms with van der Waals surface area (Å²) in [6.07, 6.45) is 0.690. The van der Waals surface area contributed by atoms with Crippen LogP contribution in [0.15, 0.2) is 35.7 Å². The normalized spacial score (nSPS) is 20.5. The molecule has 2 aromatic rings. The Hall–Kier alpha value is -1.53. The number of nitrogens with zero attached hydrogens (tertiary/aromatic N) is 1. The van der Waals surface area contributed by atoms with E-state index in [1.165, 1.54) is 11.3 Å². The van der Waals surface area contributed by atoms with Crippen molar-refractivity contribution in [2.45, 2.75) is 12.8 Å². The lowest BCUT2D eigenvalue weighted by atomic mass is 10.0. The summed E-state index contributed by atoms with van der Waals surface area (Å²) in [6.45, 7) is 0. The quantitative estimate of drug-likeness (QED) is 0.867. The summed E-state index contributed by atoms with van der Waals surface area (Å²) in [5.74, 6) is -0.219. The zero-order chi connectivity index (χ0) is 14.9. The average Bonchev–Trinajstić information content (AvgIpc) is 3.06. The Morgan fingerprint density at radius 3 is 2.71 bits per heavy atom. The highest BCUT2D eigenvalue weighted by Crippen LogP contribution is 2.25. The van der Waals surface area contributed by atoms with Gasteiger partial charge in [0.2, 0.25) is 0 Å². The molecule has 1 aromatic carbocycles.